The topological polar surface area (TPSA) is 222 Å². The number of rotatable bonds is 9. The van der Waals surface area contributed by atoms with E-state index >= 15 is 0 Å². The molecule has 0 saturated heterocycles. The van der Waals surface area contributed by atoms with Crippen molar-refractivity contribution in [3.63, 3.8) is 0 Å². The highest BCUT2D eigenvalue weighted by molar-refractivity contribution is 7.97. The summed E-state index contributed by atoms with van der Waals surface area (Å²) in [7, 11) is 5.11. The number of allylic oxidation sites excluding steroid dienone is 5. The Morgan fingerprint density at radius 3 is 1.31 bits per heavy atom. The second kappa shape index (κ2) is 39.4. The normalized spacial score (nSPS) is 22.2. The van der Waals surface area contributed by atoms with Gasteiger partial charge in [-0.3, -0.25) is 41.8 Å². The van der Waals surface area contributed by atoms with Gasteiger partial charge in [0, 0.05) is 119 Å². The maximum absolute atomic E-state index is 14.5. The Balaban J connectivity index is 0.000000178. The van der Waals surface area contributed by atoms with Crippen LogP contribution >= 0.6 is 0 Å². The van der Waals surface area contributed by atoms with Gasteiger partial charge in [0.15, 0.2) is 12.3 Å². The van der Waals surface area contributed by atoms with E-state index in [1.165, 1.54) is 32.7 Å². The highest BCUT2D eigenvalue weighted by atomic mass is 32.2. The van der Waals surface area contributed by atoms with Crippen LogP contribution in [0.2, 0.25) is 0 Å². The Hall–Kier alpha value is -8.74. The third kappa shape index (κ3) is 24.1. The third-order valence-electron chi connectivity index (χ3n) is 24.0. The van der Waals surface area contributed by atoms with Gasteiger partial charge in [0.05, 0.1) is 122 Å². The summed E-state index contributed by atoms with van der Waals surface area (Å²) in [6.45, 7) is 77.6. The molecule has 7 aromatic heterocycles. The molecule has 14 rings (SSSR count). The molecule has 0 radical (unpaired) electrons. The predicted octanol–water partition coefficient (Wildman–Crippen LogP) is 16.9. The number of hydrogen-bond acceptors (Lipinski definition) is 16. The van der Waals surface area contributed by atoms with Crippen molar-refractivity contribution in [2.45, 2.75) is 325 Å². The first-order valence-corrected chi connectivity index (χ1v) is 45.6. The highest BCUT2D eigenvalue weighted by Crippen LogP contribution is 2.38. The molecule has 7 aliphatic heterocycles. The van der Waals surface area contributed by atoms with Crippen LogP contribution in [0.1, 0.15) is 319 Å². The average Bonchev–Trinajstić information content (AvgIpc) is 1.63. The van der Waals surface area contributed by atoms with Crippen molar-refractivity contribution in [1.29, 1.82) is 0 Å². The number of carbonyl (C=O) groups excluding carboxylic acids is 1. The summed E-state index contributed by atoms with van der Waals surface area (Å²) in [4.78, 5) is 23.3. The smallest absolute Gasteiger partial charge is 0.306 e. The van der Waals surface area contributed by atoms with E-state index in [0.29, 0.717) is 123 Å². The number of aliphatic hydroxyl groups is 2. The molecule has 7 aliphatic rings. The van der Waals surface area contributed by atoms with Crippen molar-refractivity contribution in [3.05, 3.63) is 184 Å². The van der Waals surface area contributed by atoms with Gasteiger partial charge < -0.3 is 39.6 Å². The van der Waals surface area contributed by atoms with E-state index in [1.807, 2.05) is 82.5 Å². The molecule has 123 heavy (non-hydrogen) atoms. The molecule has 684 valence electrons. The molecule has 0 bridgehead atoms. The molecule has 2 N–H and O–H groups in total. The van der Waals surface area contributed by atoms with E-state index < -0.39 is 39.7 Å². The van der Waals surface area contributed by atoms with Crippen molar-refractivity contribution >= 4 is 21.5 Å². The second-order valence-electron chi connectivity index (χ2n) is 39.3. The number of amides is 1. The molecule has 0 aromatic carbocycles. The molecule has 0 fully saturated rings. The van der Waals surface area contributed by atoms with Gasteiger partial charge in [0.1, 0.15) is 29.8 Å². The molecule has 6 unspecified atom stereocenters. The van der Waals surface area contributed by atoms with Crippen LogP contribution in [0.3, 0.4) is 0 Å². The van der Waals surface area contributed by atoms with Gasteiger partial charge in [-0.25, -0.2) is 13.1 Å². The summed E-state index contributed by atoms with van der Waals surface area (Å²) in [6, 6.07) is 14.2. The first-order valence-electron chi connectivity index (χ1n) is 43.8. The van der Waals surface area contributed by atoms with Crippen molar-refractivity contribution < 1.29 is 36.8 Å². The van der Waals surface area contributed by atoms with Crippen molar-refractivity contribution in [2.75, 3.05) is 67.5 Å². The number of aliphatic hydroxyl groups excluding tert-OH is 1. The van der Waals surface area contributed by atoms with Crippen LogP contribution in [0.4, 0.5) is 17.6 Å². The Labute approximate surface area is 732 Å². The minimum absolute atomic E-state index is 0.00769. The summed E-state index contributed by atoms with van der Waals surface area (Å²) in [5.41, 5.74) is 15.9. The number of carbonyl (C=O) groups is 1. The number of fused-ring (bicyclic) bond motifs is 7. The number of β-amino-alcohol motifs (C(OH)–C–C–N with tert-alkyl or cyclic N) is 2. The van der Waals surface area contributed by atoms with Crippen LogP contribution in [0, 0.1) is 0 Å². The summed E-state index contributed by atoms with van der Waals surface area (Å²) < 4.78 is 83.6. The number of hydrogen-bond donors (Lipinski definition) is 2. The Morgan fingerprint density at radius 1 is 0.463 bits per heavy atom. The maximum atomic E-state index is 14.5. The molecule has 30 heteroatoms. The number of nitrogens with zero attached hydrogens (tertiary/aromatic N) is 21. The predicted molar refractivity (Wildman–Crippen MR) is 488 cm³/mol. The summed E-state index contributed by atoms with van der Waals surface area (Å²) in [6.07, 6.45) is -1.49. The fourth-order valence-corrected chi connectivity index (χ4v) is 17.0. The fraction of sp³-hybridized carbons (Fsp3) is 0.645. The maximum Gasteiger partial charge on any atom is 0.306 e. The lowest BCUT2D eigenvalue weighted by Crippen LogP contribution is -2.41. The lowest BCUT2D eigenvalue weighted by Gasteiger charge is -2.38. The molecule has 7 aromatic rings. The van der Waals surface area contributed by atoms with Crippen molar-refractivity contribution in [3.8, 4) is 0 Å². The van der Waals surface area contributed by atoms with E-state index in [-0.39, 0.29) is 53.6 Å². The molecule has 1 amide bonds. The summed E-state index contributed by atoms with van der Waals surface area (Å²) in [5.74, 6) is 4.04. The number of aromatic nitrogens is 14. The van der Waals surface area contributed by atoms with E-state index in [9.17, 15) is 36.8 Å². The Morgan fingerprint density at radius 2 is 0.837 bits per heavy atom. The zero-order chi connectivity index (χ0) is 92.4. The zero-order valence-corrected chi connectivity index (χ0v) is 80.5. The van der Waals surface area contributed by atoms with E-state index in [4.69, 9.17) is 0 Å². The van der Waals surface area contributed by atoms with Crippen molar-refractivity contribution in [2.24, 2.45) is 0 Å². The first kappa shape index (κ1) is 99.7. The summed E-state index contributed by atoms with van der Waals surface area (Å²) in [5, 5.41) is 52.2. The lowest BCUT2D eigenvalue weighted by atomic mass is 9.96. The molecule has 6 atom stereocenters. The van der Waals surface area contributed by atoms with Crippen LogP contribution < -0.4 is 0 Å². The first-order chi connectivity index (χ1) is 56.7. The fourth-order valence-electron chi connectivity index (χ4n) is 15.7. The van der Waals surface area contributed by atoms with Crippen LogP contribution in [-0.4, -0.2) is 219 Å². The van der Waals surface area contributed by atoms with Gasteiger partial charge in [-0.1, -0.05) is 137 Å². The second-order valence-corrected chi connectivity index (χ2v) is 41.7. The molecule has 14 heterocycles. The van der Waals surface area contributed by atoms with Gasteiger partial charge >= 0.3 is 5.92 Å². The number of halogens is 4. The largest absolute Gasteiger partial charge is 0.385 e. The van der Waals surface area contributed by atoms with E-state index in [2.05, 4.69) is 247 Å². The lowest BCUT2D eigenvalue weighted by molar-refractivity contribution is -0.132. The highest BCUT2D eigenvalue weighted by Gasteiger charge is 2.42. The average molecular weight is 1730 g/mol. The van der Waals surface area contributed by atoms with E-state index in [0.717, 1.165) is 82.2 Å². The van der Waals surface area contributed by atoms with Crippen LogP contribution in [0.5, 0.6) is 0 Å². The van der Waals surface area contributed by atoms with Crippen LogP contribution in [-0.2, 0) is 77.6 Å². The van der Waals surface area contributed by atoms with Gasteiger partial charge in [-0.05, 0) is 166 Å². The SMILES string of the molecule is C=C1Cn2nc(C(C)C)cc2C(F)(F)CN1C.C=C1Cn2nc(C(C)C)cc2C(F)CN1C(C)(C)C.C=C1Cn2nc(C(C)C)cc2C(F)CN1C(C)C.C=C1Cn2nc(C(C)C)cc2C(O)CN1C(C)C.C=C1Cn2nc(C(C)C)cc2CC(C)(C)N1C.C=S1(=O)Cn2nc(C(C)C)cc2C(C)CN1C.CC(C)c1cc2n(n1)CC(=O)N(C)CC2(C)O. The minimum Gasteiger partial charge on any atom is -0.385 e. The molecule has 0 spiro atoms. The van der Waals surface area contributed by atoms with E-state index in [1.54, 1.807) is 40.0 Å². The van der Waals surface area contributed by atoms with Gasteiger partial charge in [0.25, 0.3) is 0 Å². The monoisotopic (exact) mass is 1730 g/mol. The Kier molecular flexibility index (Phi) is 32.0. The molecule has 0 saturated carbocycles. The van der Waals surface area contributed by atoms with Gasteiger partial charge in [-0.15, -0.1) is 0 Å². The quantitative estimate of drug-likeness (QED) is 0.101. The third-order valence-corrected chi connectivity index (χ3v) is 25.9. The number of alkyl halides is 4. The molecular formula is C93H149F4N21O4S. The minimum atomic E-state index is -2.88. The van der Waals surface area contributed by atoms with Gasteiger partial charge in [0.2, 0.25) is 5.91 Å². The van der Waals surface area contributed by atoms with Gasteiger partial charge in [-0.2, -0.15) is 44.5 Å². The molecular weight excluding hydrogens is 1580 g/mol. The van der Waals surface area contributed by atoms with Crippen LogP contribution in [0.15, 0.2) is 104 Å². The standard InChI is InChI=1S/C15H24FN3.C14H22FN3.C14H23N3O.C14H23N3.C12H17F2N3.C12H19N3O2.C12H21N3OS/c1-10(2)13-7-14-12(16)9-18(15(4,5)6)11(3)8-19(14)17-13;1-9(2)13-6-14-12(15)8-17(10(3)4)11(5)7-18(14)16-13;1-9(2)12-6-13-14(18)8-16(10(3)4)11(5)7-17(13)15-12;1-10(2)13-7-12-8-14(4,5)16(6)11(3)9-17(12)15-13;1-8(2)10-5-11-12(13,14)7-16(4)9(3)6-17(11)15-10;1-8(2)9-5-10-12(3,17)7-14(4)11(16)6-15(10)13-9;1-9(2)11-6-12-10(3)7-14(4)17(5,16)8-15(12)13-11/h7,10,12H,3,8-9H2,1-2,4-6H3;6,9-10,12H,5,7-8H2,1-4H3;6,9-10,14,18H,5,7-8H2,1-4H3;7,10H,3,8-9H2,1-2,4-6H3;5,8H,3,6-7H2,1-2,4H3;5,8,17H,6-7H2,1-4H3;6,9-10H,5,7-8H2,1-4H3. The van der Waals surface area contributed by atoms with Crippen molar-refractivity contribution in [1.82, 2.24) is 102 Å². The Bertz CT molecular complexity index is 4780. The number of likely N-dealkylation sites (N-methyl/N-ethyl adjacent to an activating group) is 4. The van der Waals surface area contributed by atoms with Crippen LogP contribution in [0.25, 0.3) is 0 Å². The molecule has 25 nitrogen and oxygen atoms in total. The summed E-state index contributed by atoms with van der Waals surface area (Å²) >= 11 is 0. The molecule has 0 aliphatic carbocycles. The zero-order valence-electron chi connectivity index (χ0n) is 79.7.